The highest BCUT2D eigenvalue weighted by Crippen LogP contribution is 2.10. The van der Waals surface area contributed by atoms with Crippen LogP contribution >= 0.6 is 0 Å². The number of ketones is 1. The average molecular weight is 265 g/mol. The summed E-state index contributed by atoms with van der Waals surface area (Å²) < 4.78 is 4.61. The summed E-state index contributed by atoms with van der Waals surface area (Å²) in [7, 11) is 0. The van der Waals surface area contributed by atoms with Gasteiger partial charge in [-0.15, -0.1) is 0 Å². The third-order valence-corrected chi connectivity index (χ3v) is 2.55. The van der Waals surface area contributed by atoms with E-state index in [2.05, 4.69) is 4.74 Å². The molecule has 0 saturated carbocycles. The quantitative estimate of drug-likeness (QED) is 0.325. The second kappa shape index (κ2) is 7.25. The first-order valence-electron chi connectivity index (χ1n) is 5.94. The highest BCUT2D eigenvalue weighted by Gasteiger charge is 2.31. The molecule has 0 aromatic heterocycles. The SMILES string of the molecule is CCOC(=O)C(CCC(=O)c1ccccc1)[N+](=O)[O-]. The zero-order valence-electron chi connectivity index (χ0n) is 10.6. The molecule has 0 radical (unpaired) electrons. The minimum absolute atomic E-state index is 0.0610. The highest BCUT2D eigenvalue weighted by molar-refractivity contribution is 5.96. The summed E-state index contributed by atoms with van der Waals surface area (Å²) >= 11 is 0. The predicted octanol–water partition coefficient (Wildman–Crippen LogP) is 1.86. The van der Waals surface area contributed by atoms with Crippen LogP contribution in [-0.2, 0) is 9.53 Å². The van der Waals surface area contributed by atoms with Crippen LogP contribution < -0.4 is 0 Å². The van der Waals surface area contributed by atoms with Crippen molar-refractivity contribution < 1.29 is 19.2 Å². The standard InChI is InChI=1S/C13H15NO5/c1-2-19-13(16)11(14(17)18)8-9-12(15)10-6-4-3-5-7-10/h3-7,11H,2,8-9H2,1H3. The molecule has 102 valence electrons. The third kappa shape index (κ3) is 4.50. The van der Waals surface area contributed by atoms with Crippen LogP contribution in [0, 0.1) is 10.1 Å². The van der Waals surface area contributed by atoms with E-state index in [0.717, 1.165) is 0 Å². The van der Waals surface area contributed by atoms with Gasteiger partial charge in [-0.2, -0.15) is 0 Å². The second-order valence-corrected chi connectivity index (χ2v) is 3.88. The monoisotopic (exact) mass is 265 g/mol. The molecular formula is C13H15NO5. The van der Waals surface area contributed by atoms with Crippen molar-refractivity contribution in [1.29, 1.82) is 0 Å². The van der Waals surface area contributed by atoms with Gasteiger partial charge in [0.15, 0.2) is 5.78 Å². The summed E-state index contributed by atoms with van der Waals surface area (Å²) in [5, 5.41) is 10.8. The van der Waals surface area contributed by atoms with E-state index in [1.54, 1.807) is 37.3 Å². The van der Waals surface area contributed by atoms with Gasteiger partial charge in [0.1, 0.15) is 0 Å². The third-order valence-electron chi connectivity index (χ3n) is 2.55. The van der Waals surface area contributed by atoms with Crippen molar-refractivity contribution in [2.75, 3.05) is 6.61 Å². The van der Waals surface area contributed by atoms with Crippen LogP contribution in [0.5, 0.6) is 0 Å². The molecule has 0 amide bonds. The van der Waals surface area contributed by atoms with Crippen molar-refractivity contribution in [3.63, 3.8) is 0 Å². The van der Waals surface area contributed by atoms with E-state index in [1.165, 1.54) is 0 Å². The molecule has 0 bridgehead atoms. The number of benzene rings is 1. The first kappa shape index (κ1) is 14.8. The van der Waals surface area contributed by atoms with Gasteiger partial charge >= 0.3 is 12.0 Å². The van der Waals surface area contributed by atoms with E-state index in [1.807, 2.05) is 0 Å². The summed E-state index contributed by atoms with van der Waals surface area (Å²) in [6.45, 7) is 1.65. The Hall–Kier alpha value is -2.24. The summed E-state index contributed by atoms with van der Waals surface area (Å²) in [6, 6.07) is 6.98. The van der Waals surface area contributed by atoms with Crippen LogP contribution in [0.1, 0.15) is 30.1 Å². The molecule has 0 fully saturated rings. The first-order valence-corrected chi connectivity index (χ1v) is 5.94. The Kier molecular flexibility index (Phi) is 5.66. The van der Waals surface area contributed by atoms with E-state index in [-0.39, 0.29) is 25.2 Å². The molecule has 0 aliphatic carbocycles. The number of hydrogen-bond donors (Lipinski definition) is 0. The Morgan fingerprint density at radius 3 is 2.47 bits per heavy atom. The van der Waals surface area contributed by atoms with Crippen LogP contribution in [0.4, 0.5) is 0 Å². The fraction of sp³-hybridized carbons (Fsp3) is 0.385. The minimum atomic E-state index is -1.48. The molecule has 0 heterocycles. The van der Waals surface area contributed by atoms with Gasteiger partial charge in [0.25, 0.3) is 0 Å². The molecule has 1 aromatic rings. The first-order chi connectivity index (χ1) is 9.06. The molecule has 6 heteroatoms. The molecule has 0 saturated heterocycles. The molecule has 19 heavy (non-hydrogen) atoms. The van der Waals surface area contributed by atoms with Crippen LogP contribution in [0.3, 0.4) is 0 Å². The van der Waals surface area contributed by atoms with Gasteiger partial charge in [-0.25, -0.2) is 4.79 Å². The van der Waals surface area contributed by atoms with Gasteiger partial charge in [-0.05, 0) is 6.92 Å². The number of hydrogen-bond acceptors (Lipinski definition) is 5. The Bertz CT molecular complexity index is 457. The number of Topliss-reactive ketones (excluding diaryl/α,β-unsaturated/α-hetero) is 1. The molecular weight excluding hydrogens is 250 g/mol. The molecule has 1 unspecified atom stereocenters. The molecule has 0 spiro atoms. The zero-order chi connectivity index (χ0) is 14.3. The van der Waals surface area contributed by atoms with E-state index >= 15 is 0 Å². The number of nitro groups is 1. The van der Waals surface area contributed by atoms with Crippen molar-refractivity contribution in [3.05, 3.63) is 46.0 Å². The molecule has 6 nitrogen and oxygen atoms in total. The van der Waals surface area contributed by atoms with Gasteiger partial charge in [0, 0.05) is 23.3 Å². The number of carbonyl (C=O) groups is 2. The lowest BCUT2D eigenvalue weighted by Crippen LogP contribution is -2.32. The molecule has 1 atom stereocenters. The van der Waals surface area contributed by atoms with E-state index in [4.69, 9.17) is 0 Å². The van der Waals surface area contributed by atoms with Crippen molar-refractivity contribution >= 4 is 11.8 Å². The summed E-state index contributed by atoms with van der Waals surface area (Å²) in [6.07, 6.45) is -0.214. The Morgan fingerprint density at radius 1 is 1.32 bits per heavy atom. The lowest BCUT2D eigenvalue weighted by atomic mass is 10.0. The topological polar surface area (TPSA) is 86.5 Å². The molecule has 1 aromatic carbocycles. The molecule has 1 rings (SSSR count). The number of esters is 1. The average Bonchev–Trinajstić information content (AvgIpc) is 2.39. The van der Waals surface area contributed by atoms with Gasteiger partial charge in [-0.1, -0.05) is 30.3 Å². The maximum Gasteiger partial charge on any atom is 0.381 e. The summed E-state index contributed by atoms with van der Waals surface area (Å²) in [5.74, 6) is -1.12. The Balaban J connectivity index is 2.60. The van der Waals surface area contributed by atoms with Crippen molar-refractivity contribution in [3.8, 4) is 0 Å². The smallest absolute Gasteiger partial charge is 0.381 e. The zero-order valence-corrected chi connectivity index (χ0v) is 10.6. The van der Waals surface area contributed by atoms with Gasteiger partial charge in [0.05, 0.1) is 6.61 Å². The van der Waals surface area contributed by atoms with Crippen LogP contribution in [-0.4, -0.2) is 29.3 Å². The summed E-state index contributed by atoms with van der Waals surface area (Å²) in [4.78, 5) is 33.2. The van der Waals surface area contributed by atoms with Crippen molar-refractivity contribution in [1.82, 2.24) is 0 Å². The lowest BCUT2D eigenvalue weighted by Gasteiger charge is -2.08. The normalized spacial score (nSPS) is 11.6. The molecule has 0 N–H and O–H groups in total. The highest BCUT2D eigenvalue weighted by atomic mass is 16.6. The van der Waals surface area contributed by atoms with Crippen molar-refractivity contribution in [2.45, 2.75) is 25.8 Å². The van der Waals surface area contributed by atoms with Crippen LogP contribution in [0.25, 0.3) is 0 Å². The van der Waals surface area contributed by atoms with Crippen LogP contribution in [0.2, 0.25) is 0 Å². The maximum atomic E-state index is 11.8. The second-order valence-electron chi connectivity index (χ2n) is 3.88. The molecule has 0 aliphatic heterocycles. The van der Waals surface area contributed by atoms with E-state index in [0.29, 0.717) is 5.56 Å². The number of ether oxygens (including phenoxy) is 1. The Morgan fingerprint density at radius 2 is 1.95 bits per heavy atom. The lowest BCUT2D eigenvalue weighted by molar-refractivity contribution is -0.511. The van der Waals surface area contributed by atoms with E-state index in [9.17, 15) is 19.7 Å². The van der Waals surface area contributed by atoms with Crippen LogP contribution in [0.15, 0.2) is 30.3 Å². The fourth-order valence-electron chi connectivity index (χ4n) is 1.58. The molecule has 0 aliphatic rings. The van der Waals surface area contributed by atoms with Gasteiger partial charge < -0.3 is 4.74 Å². The number of rotatable bonds is 7. The van der Waals surface area contributed by atoms with Gasteiger partial charge in [-0.3, -0.25) is 14.9 Å². The fourth-order valence-corrected chi connectivity index (χ4v) is 1.58. The van der Waals surface area contributed by atoms with Gasteiger partial charge in [0.2, 0.25) is 0 Å². The largest absolute Gasteiger partial charge is 0.461 e. The van der Waals surface area contributed by atoms with E-state index < -0.39 is 16.9 Å². The predicted molar refractivity (Wildman–Crippen MR) is 67.4 cm³/mol. The Labute approximate surface area is 110 Å². The number of nitrogens with zero attached hydrogens (tertiary/aromatic N) is 1. The summed E-state index contributed by atoms with van der Waals surface area (Å²) in [5.41, 5.74) is 0.480. The number of carbonyl (C=O) groups excluding carboxylic acids is 2. The minimum Gasteiger partial charge on any atom is -0.461 e. The maximum absolute atomic E-state index is 11.8. The van der Waals surface area contributed by atoms with Crippen molar-refractivity contribution in [2.24, 2.45) is 0 Å².